The Morgan fingerprint density at radius 1 is 1.30 bits per heavy atom. The number of benzene rings is 2. The number of ether oxygens (including phenoxy) is 1. The first-order valence-corrected chi connectivity index (χ1v) is 8.59. The van der Waals surface area contributed by atoms with Gasteiger partial charge in [-0.2, -0.15) is 5.10 Å². The molecule has 0 saturated carbocycles. The summed E-state index contributed by atoms with van der Waals surface area (Å²) < 4.78 is 20.3. The molecule has 0 aliphatic rings. The van der Waals surface area contributed by atoms with E-state index in [1.54, 1.807) is 20.2 Å². The molecule has 8 heteroatoms. The molecular weight excluding hydrogens is 371 g/mol. The predicted octanol–water partition coefficient (Wildman–Crippen LogP) is 3.14. The van der Waals surface area contributed by atoms with E-state index in [2.05, 4.69) is 15.4 Å². The molecule has 0 spiro atoms. The summed E-state index contributed by atoms with van der Waals surface area (Å²) in [7, 11) is 3.28. The molecule has 0 bridgehead atoms. The number of carbonyl (C=O) groups excluding carboxylic acids is 1. The van der Waals surface area contributed by atoms with Crippen LogP contribution in [0.2, 0.25) is 5.02 Å². The van der Waals surface area contributed by atoms with Crippen molar-refractivity contribution < 1.29 is 13.9 Å². The van der Waals surface area contributed by atoms with Gasteiger partial charge in [0.25, 0.3) is 0 Å². The smallest absolute Gasteiger partial charge is 0.227 e. The normalized spacial score (nSPS) is 10.7. The SMILES string of the molecule is COc1cccc(CNC(=O)Cc2nc(-c3ccc(Cl)c(F)c3)nn2C)c1. The minimum Gasteiger partial charge on any atom is -0.497 e. The molecule has 1 heterocycles. The molecule has 0 radical (unpaired) electrons. The lowest BCUT2D eigenvalue weighted by molar-refractivity contribution is -0.120. The second-order valence-corrected chi connectivity index (χ2v) is 6.32. The fourth-order valence-corrected chi connectivity index (χ4v) is 2.63. The Balaban J connectivity index is 1.65. The lowest BCUT2D eigenvalue weighted by Gasteiger charge is -2.06. The molecule has 0 unspecified atom stereocenters. The van der Waals surface area contributed by atoms with Crippen molar-refractivity contribution in [3.05, 3.63) is 64.7 Å². The lowest BCUT2D eigenvalue weighted by atomic mass is 10.2. The Bertz CT molecular complexity index is 974. The molecule has 3 aromatic rings. The van der Waals surface area contributed by atoms with Gasteiger partial charge in [0.2, 0.25) is 5.91 Å². The first-order valence-electron chi connectivity index (χ1n) is 8.21. The van der Waals surface area contributed by atoms with Crippen LogP contribution in [0.1, 0.15) is 11.4 Å². The van der Waals surface area contributed by atoms with Crippen molar-refractivity contribution in [3.8, 4) is 17.1 Å². The molecule has 1 aromatic heterocycles. The van der Waals surface area contributed by atoms with E-state index in [0.717, 1.165) is 11.3 Å². The van der Waals surface area contributed by atoms with Crippen LogP contribution in [0, 0.1) is 5.82 Å². The van der Waals surface area contributed by atoms with Crippen LogP contribution in [0.4, 0.5) is 4.39 Å². The number of hydrogen-bond donors (Lipinski definition) is 1. The Kier molecular flexibility index (Phi) is 5.71. The van der Waals surface area contributed by atoms with Crippen LogP contribution >= 0.6 is 11.6 Å². The van der Waals surface area contributed by atoms with Gasteiger partial charge in [0.1, 0.15) is 17.4 Å². The van der Waals surface area contributed by atoms with Crippen LogP contribution in [-0.2, 0) is 24.8 Å². The number of nitrogens with one attached hydrogen (secondary N) is 1. The van der Waals surface area contributed by atoms with Crippen LogP contribution in [0.3, 0.4) is 0 Å². The van der Waals surface area contributed by atoms with E-state index >= 15 is 0 Å². The maximum Gasteiger partial charge on any atom is 0.227 e. The molecule has 0 fully saturated rings. The molecule has 0 aliphatic heterocycles. The summed E-state index contributed by atoms with van der Waals surface area (Å²) in [5.74, 6) is 0.809. The summed E-state index contributed by atoms with van der Waals surface area (Å²) in [6, 6.07) is 11.8. The van der Waals surface area contributed by atoms with Crippen molar-refractivity contribution in [2.75, 3.05) is 7.11 Å². The fourth-order valence-electron chi connectivity index (χ4n) is 2.52. The van der Waals surface area contributed by atoms with Gasteiger partial charge in [-0.15, -0.1) is 0 Å². The first-order chi connectivity index (χ1) is 13.0. The third-order valence-corrected chi connectivity index (χ3v) is 4.28. The van der Waals surface area contributed by atoms with E-state index in [1.165, 1.54) is 16.8 Å². The highest BCUT2D eigenvalue weighted by atomic mass is 35.5. The molecule has 1 N–H and O–H groups in total. The lowest BCUT2D eigenvalue weighted by Crippen LogP contribution is -2.25. The molecule has 0 aliphatic carbocycles. The van der Waals surface area contributed by atoms with E-state index in [1.807, 2.05) is 24.3 Å². The van der Waals surface area contributed by atoms with Crippen LogP contribution in [0.5, 0.6) is 5.75 Å². The number of methoxy groups -OCH3 is 1. The largest absolute Gasteiger partial charge is 0.497 e. The van der Waals surface area contributed by atoms with Gasteiger partial charge in [0.05, 0.1) is 18.6 Å². The Morgan fingerprint density at radius 2 is 2.11 bits per heavy atom. The van der Waals surface area contributed by atoms with Gasteiger partial charge < -0.3 is 10.1 Å². The topological polar surface area (TPSA) is 69.0 Å². The highest BCUT2D eigenvalue weighted by Crippen LogP contribution is 2.22. The van der Waals surface area contributed by atoms with E-state index in [0.29, 0.717) is 23.8 Å². The number of aryl methyl sites for hydroxylation is 1. The average Bonchev–Trinajstić information content (AvgIpc) is 3.03. The van der Waals surface area contributed by atoms with Gasteiger partial charge in [-0.1, -0.05) is 23.7 Å². The Morgan fingerprint density at radius 3 is 2.85 bits per heavy atom. The fraction of sp³-hybridized carbons (Fsp3) is 0.211. The second-order valence-electron chi connectivity index (χ2n) is 5.91. The third kappa shape index (κ3) is 4.62. The molecular formula is C19H18ClFN4O2. The standard InChI is InChI=1S/C19H18ClFN4O2/c1-25-17(23-19(24-25)13-6-7-15(20)16(21)9-13)10-18(26)22-11-12-4-3-5-14(8-12)27-2/h3-9H,10-11H2,1-2H3,(H,22,26). The monoisotopic (exact) mass is 388 g/mol. The van der Waals surface area contributed by atoms with Gasteiger partial charge in [0.15, 0.2) is 5.82 Å². The summed E-state index contributed by atoms with van der Waals surface area (Å²) in [6.07, 6.45) is 0.0591. The molecule has 6 nitrogen and oxygen atoms in total. The Hall–Kier alpha value is -2.93. The highest BCUT2D eigenvalue weighted by molar-refractivity contribution is 6.30. The number of rotatable bonds is 6. The van der Waals surface area contributed by atoms with Crippen LogP contribution in [-0.4, -0.2) is 27.8 Å². The van der Waals surface area contributed by atoms with Crippen molar-refractivity contribution in [1.29, 1.82) is 0 Å². The van der Waals surface area contributed by atoms with Gasteiger partial charge >= 0.3 is 0 Å². The molecule has 140 valence electrons. The minimum atomic E-state index is -0.542. The molecule has 27 heavy (non-hydrogen) atoms. The first kappa shape index (κ1) is 18.8. The average molecular weight is 389 g/mol. The maximum absolute atomic E-state index is 13.6. The number of amides is 1. The summed E-state index contributed by atoms with van der Waals surface area (Å²) >= 11 is 5.70. The predicted molar refractivity (Wildman–Crippen MR) is 100.0 cm³/mol. The zero-order chi connectivity index (χ0) is 19.4. The number of nitrogens with zero attached hydrogens (tertiary/aromatic N) is 3. The summed E-state index contributed by atoms with van der Waals surface area (Å²) in [6.45, 7) is 0.378. The van der Waals surface area contributed by atoms with E-state index in [9.17, 15) is 9.18 Å². The van der Waals surface area contributed by atoms with Crippen molar-refractivity contribution in [3.63, 3.8) is 0 Å². The molecule has 2 aromatic carbocycles. The quantitative estimate of drug-likeness (QED) is 0.704. The van der Waals surface area contributed by atoms with E-state index in [-0.39, 0.29) is 17.4 Å². The van der Waals surface area contributed by atoms with Crippen molar-refractivity contribution in [2.24, 2.45) is 7.05 Å². The van der Waals surface area contributed by atoms with Gasteiger partial charge in [-0.3, -0.25) is 9.48 Å². The van der Waals surface area contributed by atoms with Crippen molar-refractivity contribution in [2.45, 2.75) is 13.0 Å². The number of hydrogen-bond acceptors (Lipinski definition) is 4. The zero-order valence-corrected chi connectivity index (χ0v) is 15.6. The number of carbonyl (C=O) groups is 1. The van der Waals surface area contributed by atoms with Crippen molar-refractivity contribution in [1.82, 2.24) is 20.1 Å². The Labute approximate surface area is 160 Å². The van der Waals surface area contributed by atoms with E-state index < -0.39 is 5.82 Å². The molecule has 0 atom stereocenters. The summed E-state index contributed by atoms with van der Waals surface area (Å²) in [5.41, 5.74) is 1.42. The van der Waals surface area contributed by atoms with Gasteiger partial charge in [0, 0.05) is 19.2 Å². The van der Waals surface area contributed by atoms with E-state index in [4.69, 9.17) is 16.3 Å². The van der Waals surface area contributed by atoms with Gasteiger partial charge in [-0.25, -0.2) is 9.37 Å². The molecule has 0 saturated heterocycles. The molecule has 1 amide bonds. The van der Waals surface area contributed by atoms with Crippen molar-refractivity contribution >= 4 is 17.5 Å². The number of halogens is 2. The minimum absolute atomic E-state index is 0.0341. The second kappa shape index (κ2) is 8.18. The maximum atomic E-state index is 13.6. The number of aromatic nitrogens is 3. The zero-order valence-electron chi connectivity index (χ0n) is 14.9. The van der Waals surface area contributed by atoms with Crippen LogP contribution in [0.15, 0.2) is 42.5 Å². The summed E-state index contributed by atoms with van der Waals surface area (Å²) in [5, 5.41) is 7.12. The third-order valence-electron chi connectivity index (χ3n) is 3.97. The van der Waals surface area contributed by atoms with Crippen LogP contribution in [0.25, 0.3) is 11.4 Å². The summed E-state index contributed by atoms with van der Waals surface area (Å²) in [4.78, 5) is 16.6. The highest BCUT2D eigenvalue weighted by Gasteiger charge is 2.14. The van der Waals surface area contributed by atoms with Crippen LogP contribution < -0.4 is 10.1 Å². The van der Waals surface area contributed by atoms with Gasteiger partial charge in [-0.05, 0) is 35.9 Å². The molecule has 3 rings (SSSR count).